The summed E-state index contributed by atoms with van der Waals surface area (Å²) in [6.07, 6.45) is 0.417. The molecule has 2 unspecified atom stereocenters. The van der Waals surface area contributed by atoms with Gasteiger partial charge in [0.25, 0.3) is 0 Å². The van der Waals surface area contributed by atoms with E-state index >= 15 is 0 Å². The van der Waals surface area contributed by atoms with Crippen LogP contribution in [0, 0.1) is 0 Å². The fourth-order valence-corrected chi connectivity index (χ4v) is 0.948. The van der Waals surface area contributed by atoms with Gasteiger partial charge >= 0.3 is 5.97 Å². The molecule has 0 rings (SSSR count). The third-order valence-corrected chi connectivity index (χ3v) is 1.69. The molecule has 0 aromatic heterocycles. The van der Waals surface area contributed by atoms with Gasteiger partial charge in [-0.05, 0) is 20.8 Å². The third-order valence-electron chi connectivity index (χ3n) is 1.69. The SMILES string of the molecule is C=COC(C)OC(C)OCCOC(=O)C(=C)C. The molecule has 5 heteroatoms. The van der Waals surface area contributed by atoms with Gasteiger partial charge in [-0.15, -0.1) is 0 Å². The van der Waals surface area contributed by atoms with E-state index in [0.29, 0.717) is 5.57 Å². The van der Waals surface area contributed by atoms with E-state index in [1.54, 1.807) is 20.8 Å². The summed E-state index contributed by atoms with van der Waals surface area (Å²) in [5.41, 5.74) is 0.363. The molecule has 0 aliphatic heterocycles. The average Bonchev–Trinajstić information content (AvgIpc) is 2.24. The van der Waals surface area contributed by atoms with Crippen molar-refractivity contribution in [1.82, 2.24) is 0 Å². The van der Waals surface area contributed by atoms with Crippen LogP contribution >= 0.6 is 0 Å². The van der Waals surface area contributed by atoms with Crippen LogP contribution in [0.2, 0.25) is 0 Å². The summed E-state index contributed by atoms with van der Waals surface area (Å²) >= 11 is 0. The molecule has 0 aromatic rings. The van der Waals surface area contributed by atoms with Crippen molar-refractivity contribution in [2.24, 2.45) is 0 Å². The van der Waals surface area contributed by atoms with Crippen molar-refractivity contribution >= 4 is 5.97 Å². The zero-order valence-corrected chi connectivity index (χ0v) is 10.6. The largest absolute Gasteiger partial charge is 0.473 e. The molecular weight excluding hydrogens is 224 g/mol. The molecule has 98 valence electrons. The van der Waals surface area contributed by atoms with Gasteiger partial charge in [0.2, 0.25) is 0 Å². The van der Waals surface area contributed by atoms with Gasteiger partial charge in [-0.25, -0.2) is 4.79 Å². The lowest BCUT2D eigenvalue weighted by Crippen LogP contribution is -2.23. The predicted octanol–water partition coefficient (Wildman–Crippen LogP) is 1.99. The van der Waals surface area contributed by atoms with Crippen molar-refractivity contribution in [3.8, 4) is 0 Å². The Labute approximate surface area is 102 Å². The summed E-state index contributed by atoms with van der Waals surface area (Å²) in [6.45, 7) is 12.3. The minimum atomic E-state index is -0.450. The van der Waals surface area contributed by atoms with Gasteiger partial charge in [-0.3, -0.25) is 0 Å². The lowest BCUT2D eigenvalue weighted by Gasteiger charge is -2.18. The number of rotatable bonds is 9. The van der Waals surface area contributed by atoms with Crippen LogP contribution in [0.1, 0.15) is 20.8 Å². The Balaban J connectivity index is 3.57. The highest BCUT2D eigenvalue weighted by molar-refractivity contribution is 5.86. The molecule has 0 radical (unpaired) electrons. The van der Waals surface area contributed by atoms with Gasteiger partial charge in [-0.2, -0.15) is 0 Å². The van der Waals surface area contributed by atoms with E-state index in [0.717, 1.165) is 0 Å². The van der Waals surface area contributed by atoms with Crippen LogP contribution in [-0.4, -0.2) is 31.8 Å². The summed E-state index contributed by atoms with van der Waals surface area (Å²) in [5, 5.41) is 0. The Morgan fingerprint density at radius 1 is 1.29 bits per heavy atom. The molecule has 0 aliphatic rings. The fraction of sp³-hybridized carbons (Fsp3) is 0.583. The van der Waals surface area contributed by atoms with Gasteiger partial charge in [-0.1, -0.05) is 13.2 Å². The molecule has 0 fully saturated rings. The smallest absolute Gasteiger partial charge is 0.333 e. The van der Waals surface area contributed by atoms with Crippen LogP contribution in [0.15, 0.2) is 25.0 Å². The topological polar surface area (TPSA) is 54.0 Å². The van der Waals surface area contributed by atoms with E-state index in [2.05, 4.69) is 13.2 Å². The van der Waals surface area contributed by atoms with Crippen LogP contribution in [0.5, 0.6) is 0 Å². The molecule has 0 amide bonds. The highest BCUT2D eigenvalue weighted by Gasteiger charge is 2.09. The van der Waals surface area contributed by atoms with E-state index in [9.17, 15) is 4.79 Å². The highest BCUT2D eigenvalue weighted by atomic mass is 16.8. The molecule has 0 heterocycles. The number of ether oxygens (including phenoxy) is 4. The number of esters is 1. The second-order valence-electron chi connectivity index (χ2n) is 3.36. The highest BCUT2D eigenvalue weighted by Crippen LogP contribution is 2.01. The molecule has 0 bridgehead atoms. The molecule has 5 nitrogen and oxygen atoms in total. The van der Waals surface area contributed by atoms with Crippen molar-refractivity contribution < 1.29 is 23.7 Å². The molecule has 0 spiro atoms. The maximum Gasteiger partial charge on any atom is 0.333 e. The molecular formula is C12H20O5. The van der Waals surface area contributed by atoms with Crippen molar-refractivity contribution in [3.05, 3.63) is 25.0 Å². The number of carbonyl (C=O) groups is 1. The monoisotopic (exact) mass is 244 g/mol. The second-order valence-corrected chi connectivity index (χ2v) is 3.36. The zero-order valence-electron chi connectivity index (χ0n) is 10.6. The normalized spacial score (nSPS) is 13.6. The van der Waals surface area contributed by atoms with Crippen molar-refractivity contribution in [3.63, 3.8) is 0 Å². The molecule has 0 aromatic carbocycles. The van der Waals surface area contributed by atoms with E-state index in [1.807, 2.05) is 0 Å². The Hall–Kier alpha value is -1.33. The molecule has 0 N–H and O–H groups in total. The van der Waals surface area contributed by atoms with Crippen molar-refractivity contribution in [2.75, 3.05) is 13.2 Å². The lowest BCUT2D eigenvalue weighted by molar-refractivity contribution is -0.218. The lowest BCUT2D eigenvalue weighted by atomic mass is 10.4. The maximum atomic E-state index is 11.0. The van der Waals surface area contributed by atoms with E-state index < -0.39 is 18.5 Å². The van der Waals surface area contributed by atoms with Crippen molar-refractivity contribution in [2.45, 2.75) is 33.4 Å². The maximum absolute atomic E-state index is 11.0. The Morgan fingerprint density at radius 3 is 2.47 bits per heavy atom. The quantitative estimate of drug-likeness (QED) is 0.204. The number of hydrogen-bond acceptors (Lipinski definition) is 5. The summed E-state index contributed by atoms with van der Waals surface area (Å²) in [4.78, 5) is 11.0. The van der Waals surface area contributed by atoms with Gasteiger partial charge < -0.3 is 18.9 Å². The van der Waals surface area contributed by atoms with Crippen LogP contribution in [0.3, 0.4) is 0 Å². The van der Waals surface area contributed by atoms with Crippen LogP contribution < -0.4 is 0 Å². The van der Waals surface area contributed by atoms with Gasteiger partial charge in [0.15, 0.2) is 12.6 Å². The number of carbonyl (C=O) groups excluding carboxylic acids is 1. The first-order valence-electron chi connectivity index (χ1n) is 5.33. The fourth-order valence-electron chi connectivity index (χ4n) is 0.948. The first kappa shape index (κ1) is 15.7. The standard InChI is InChI=1S/C12H20O5/c1-6-14-10(4)17-11(5)15-7-8-16-12(13)9(2)3/h6,10-11H,1-2,7-8H2,3-5H3. The van der Waals surface area contributed by atoms with Crippen molar-refractivity contribution in [1.29, 1.82) is 0 Å². The summed E-state index contributed by atoms with van der Waals surface area (Å²) in [5.74, 6) is -0.425. The summed E-state index contributed by atoms with van der Waals surface area (Å²) in [6, 6.07) is 0. The van der Waals surface area contributed by atoms with Crippen LogP contribution in [-0.2, 0) is 23.7 Å². The minimum absolute atomic E-state index is 0.163. The third kappa shape index (κ3) is 8.47. The summed E-state index contributed by atoms with van der Waals surface area (Å²) in [7, 11) is 0. The van der Waals surface area contributed by atoms with Gasteiger partial charge in [0.1, 0.15) is 6.61 Å². The first-order chi connectivity index (χ1) is 7.97. The molecule has 0 saturated heterocycles. The Morgan fingerprint density at radius 2 is 1.94 bits per heavy atom. The van der Waals surface area contributed by atoms with Crippen LogP contribution in [0.25, 0.3) is 0 Å². The van der Waals surface area contributed by atoms with Crippen LogP contribution in [0.4, 0.5) is 0 Å². The molecule has 17 heavy (non-hydrogen) atoms. The zero-order chi connectivity index (χ0) is 13.3. The van der Waals surface area contributed by atoms with E-state index in [-0.39, 0.29) is 13.2 Å². The molecule has 0 aliphatic carbocycles. The Kier molecular flexibility index (Phi) is 8.09. The van der Waals surface area contributed by atoms with Gasteiger partial charge in [0.05, 0.1) is 12.9 Å². The summed E-state index contributed by atoms with van der Waals surface area (Å²) < 4.78 is 20.3. The van der Waals surface area contributed by atoms with E-state index in [4.69, 9.17) is 18.9 Å². The molecule has 2 atom stereocenters. The number of hydrogen-bond donors (Lipinski definition) is 0. The molecule has 0 saturated carbocycles. The Bertz CT molecular complexity index is 262. The van der Waals surface area contributed by atoms with E-state index in [1.165, 1.54) is 6.26 Å². The predicted molar refractivity (Wildman–Crippen MR) is 63.0 cm³/mol. The first-order valence-corrected chi connectivity index (χ1v) is 5.33. The minimum Gasteiger partial charge on any atom is -0.473 e. The average molecular weight is 244 g/mol. The van der Waals surface area contributed by atoms with Gasteiger partial charge in [0, 0.05) is 5.57 Å². The second kappa shape index (κ2) is 8.78.